The summed E-state index contributed by atoms with van der Waals surface area (Å²) in [6.07, 6.45) is 0. The Morgan fingerprint density at radius 1 is 1.09 bits per heavy atom. The van der Waals surface area contributed by atoms with E-state index in [1.54, 1.807) is 6.07 Å². The summed E-state index contributed by atoms with van der Waals surface area (Å²) < 4.78 is 11.1. The van der Waals surface area contributed by atoms with Gasteiger partial charge in [-0.3, -0.25) is 4.79 Å². The van der Waals surface area contributed by atoms with E-state index in [-0.39, 0.29) is 5.91 Å². The van der Waals surface area contributed by atoms with Gasteiger partial charge in [0.15, 0.2) is 0 Å². The molecule has 2 aromatic carbocycles. The summed E-state index contributed by atoms with van der Waals surface area (Å²) in [4.78, 5) is 12.1. The lowest BCUT2D eigenvalue weighted by atomic mass is 10.1. The quantitative estimate of drug-likeness (QED) is 0.796. The Hall–Kier alpha value is -2.49. The van der Waals surface area contributed by atoms with Gasteiger partial charge in [0.2, 0.25) is 0 Å². The van der Waals surface area contributed by atoms with Gasteiger partial charge in [0.05, 0.1) is 13.2 Å². The second-order valence-corrected chi connectivity index (χ2v) is 5.33. The Bertz CT molecular complexity index is 667. The van der Waals surface area contributed by atoms with E-state index in [2.05, 4.69) is 5.32 Å². The summed E-state index contributed by atoms with van der Waals surface area (Å²) >= 11 is 0. The van der Waals surface area contributed by atoms with E-state index >= 15 is 0 Å². The van der Waals surface area contributed by atoms with Gasteiger partial charge in [0.25, 0.3) is 5.91 Å². The number of carbonyl (C=O) groups excluding carboxylic acids is 1. The second-order valence-electron chi connectivity index (χ2n) is 5.33. The van der Waals surface area contributed by atoms with Crippen LogP contribution >= 0.6 is 0 Å². The van der Waals surface area contributed by atoms with Crippen molar-refractivity contribution >= 4 is 5.91 Å². The van der Waals surface area contributed by atoms with Gasteiger partial charge < -0.3 is 14.8 Å². The summed E-state index contributed by atoms with van der Waals surface area (Å²) in [6.45, 7) is 7.40. The fourth-order valence-electron chi connectivity index (χ4n) is 2.25. The first-order valence-electron chi connectivity index (χ1n) is 7.81. The average Bonchev–Trinajstić information content (AvgIpc) is 2.53. The minimum Gasteiger partial charge on any atom is -0.494 e. The third-order valence-corrected chi connectivity index (χ3v) is 3.38. The lowest BCUT2D eigenvalue weighted by molar-refractivity contribution is 0.0947. The summed E-state index contributed by atoms with van der Waals surface area (Å²) in [6, 6.07) is 13.3. The van der Waals surface area contributed by atoms with Crippen LogP contribution in [-0.4, -0.2) is 25.7 Å². The van der Waals surface area contributed by atoms with Crippen molar-refractivity contribution in [2.24, 2.45) is 0 Å². The molecule has 2 rings (SSSR count). The van der Waals surface area contributed by atoms with E-state index in [4.69, 9.17) is 9.47 Å². The predicted molar refractivity (Wildman–Crippen MR) is 91.4 cm³/mol. The lowest BCUT2D eigenvalue weighted by Crippen LogP contribution is -2.28. The highest BCUT2D eigenvalue weighted by atomic mass is 16.5. The standard InChI is InChI=1S/C19H23NO3/c1-4-22-18-9-8-16(13-15(18)3)19(21)20-10-11-23-17-7-5-6-14(2)12-17/h5-9,12-13H,4,10-11H2,1-3H3,(H,20,21). The molecule has 122 valence electrons. The minimum atomic E-state index is -0.107. The van der Waals surface area contributed by atoms with Gasteiger partial charge in [0.1, 0.15) is 18.1 Å². The maximum absolute atomic E-state index is 12.1. The van der Waals surface area contributed by atoms with Gasteiger partial charge in [-0.2, -0.15) is 0 Å². The van der Waals surface area contributed by atoms with Gasteiger partial charge in [-0.15, -0.1) is 0 Å². The molecule has 4 nitrogen and oxygen atoms in total. The van der Waals surface area contributed by atoms with Gasteiger partial charge >= 0.3 is 0 Å². The first-order valence-corrected chi connectivity index (χ1v) is 7.81. The Morgan fingerprint density at radius 3 is 2.61 bits per heavy atom. The van der Waals surface area contributed by atoms with E-state index in [0.717, 1.165) is 22.6 Å². The normalized spacial score (nSPS) is 10.2. The zero-order valence-corrected chi connectivity index (χ0v) is 13.9. The Kier molecular flexibility index (Phi) is 6.03. The number of aryl methyl sites for hydroxylation is 2. The zero-order chi connectivity index (χ0) is 16.7. The second kappa shape index (κ2) is 8.22. The van der Waals surface area contributed by atoms with Crippen molar-refractivity contribution in [1.29, 1.82) is 0 Å². The van der Waals surface area contributed by atoms with Gasteiger partial charge in [-0.25, -0.2) is 0 Å². The van der Waals surface area contributed by atoms with Crippen LogP contribution in [0.2, 0.25) is 0 Å². The monoisotopic (exact) mass is 313 g/mol. The molecule has 0 spiro atoms. The Labute approximate surface area is 137 Å². The van der Waals surface area contributed by atoms with Crippen molar-refractivity contribution < 1.29 is 14.3 Å². The number of hydrogen-bond donors (Lipinski definition) is 1. The molecular formula is C19H23NO3. The highest BCUT2D eigenvalue weighted by molar-refractivity contribution is 5.94. The summed E-state index contributed by atoms with van der Waals surface area (Å²) in [5.74, 6) is 1.52. The van der Waals surface area contributed by atoms with Crippen LogP contribution in [0, 0.1) is 13.8 Å². The summed E-state index contributed by atoms with van der Waals surface area (Å²) in [5.41, 5.74) is 2.73. The van der Waals surface area contributed by atoms with Crippen molar-refractivity contribution in [3.63, 3.8) is 0 Å². The van der Waals surface area contributed by atoms with Crippen molar-refractivity contribution in [3.05, 3.63) is 59.2 Å². The van der Waals surface area contributed by atoms with Gasteiger partial charge in [-0.1, -0.05) is 12.1 Å². The Balaban J connectivity index is 1.81. The van der Waals surface area contributed by atoms with Crippen molar-refractivity contribution in [3.8, 4) is 11.5 Å². The van der Waals surface area contributed by atoms with Crippen LogP contribution in [0.4, 0.5) is 0 Å². The smallest absolute Gasteiger partial charge is 0.251 e. The van der Waals surface area contributed by atoms with Crippen LogP contribution in [0.15, 0.2) is 42.5 Å². The largest absolute Gasteiger partial charge is 0.494 e. The van der Waals surface area contributed by atoms with E-state index in [9.17, 15) is 4.79 Å². The number of benzene rings is 2. The molecule has 23 heavy (non-hydrogen) atoms. The fraction of sp³-hybridized carbons (Fsp3) is 0.316. The van der Waals surface area contributed by atoms with E-state index in [0.29, 0.717) is 25.3 Å². The van der Waals surface area contributed by atoms with Crippen LogP contribution in [0.25, 0.3) is 0 Å². The number of nitrogens with one attached hydrogen (secondary N) is 1. The maximum Gasteiger partial charge on any atom is 0.251 e. The zero-order valence-electron chi connectivity index (χ0n) is 13.9. The number of rotatable bonds is 7. The Morgan fingerprint density at radius 2 is 1.91 bits per heavy atom. The molecule has 0 unspecified atom stereocenters. The molecular weight excluding hydrogens is 290 g/mol. The first kappa shape index (κ1) is 16.9. The molecule has 0 saturated heterocycles. The number of carbonyl (C=O) groups is 1. The molecule has 1 N–H and O–H groups in total. The first-order chi connectivity index (χ1) is 11.1. The molecule has 0 bridgehead atoms. The lowest BCUT2D eigenvalue weighted by Gasteiger charge is -2.10. The topological polar surface area (TPSA) is 47.6 Å². The fourth-order valence-corrected chi connectivity index (χ4v) is 2.25. The van der Waals surface area contributed by atoms with E-state index in [1.165, 1.54) is 0 Å². The summed E-state index contributed by atoms with van der Waals surface area (Å²) in [7, 11) is 0. The molecule has 0 saturated carbocycles. The van der Waals surface area contributed by atoms with Crippen LogP contribution in [0.1, 0.15) is 28.4 Å². The van der Waals surface area contributed by atoms with Crippen LogP contribution < -0.4 is 14.8 Å². The molecule has 4 heteroatoms. The number of ether oxygens (including phenoxy) is 2. The molecule has 0 aliphatic rings. The molecule has 0 heterocycles. The van der Waals surface area contributed by atoms with Crippen molar-refractivity contribution in [2.75, 3.05) is 19.8 Å². The average molecular weight is 313 g/mol. The van der Waals surface area contributed by atoms with E-state index < -0.39 is 0 Å². The molecule has 0 aromatic heterocycles. The van der Waals surface area contributed by atoms with Crippen LogP contribution in [0.5, 0.6) is 11.5 Å². The van der Waals surface area contributed by atoms with Crippen LogP contribution in [0.3, 0.4) is 0 Å². The SMILES string of the molecule is CCOc1ccc(C(=O)NCCOc2cccc(C)c2)cc1C. The van der Waals surface area contributed by atoms with Gasteiger partial charge in [0, 0.05) is 5.56 Å². The number of hydrogen-bond acceptors (Lipinski definition) is 3. The molecule has 1 amide bonds. The van der Waals surface area contributed by atoms with Crippen molar-refractivity contribution in [1.82, 2.24) is 5.32 Å². The highest BCUT2D eigenvalue weighted by Gasteiger charge is 2.08. The molecule has 2 aromatic rings. The minimum absolute atomic E-state index is 0.107. The summed E-state index contributed by atoms with van der Waals surface area (Å²) in [5, 5.41) is 2.86. The van der Waals surface area contributed by atoms with Crippen LogP contribution in [-0.2, 0) is 0 Å². The third-order valence-electron chi connectivity index (χ3n) is 3.38. The third kappa shape index (κ3) is 5.02. The molecule has 0 atom stereocenters. The highest BCUT2D eigenvalue weighted by Crippen LogP contribution is 2.19. The predicted octanol–water partition coefficient (Wildman–Crippen LogP) is 3.51. The molecule has 0 radical (unpaired) electrons. The van der Waals surface area contributed by atoms with Crippen molar-refractivity contribution in [2.45, 2.75) is 20.8 Å². The number of amides is 1. The molecule has 0 aliphatic carbocycles. The maximum atomic E-state index is 12.1. The molecule has 0 fully saturated rings. The van der Waals surface area contributed by atoms with E-state index in [1.807, 2.05) is 57.2 Å². The van der Waals surface area contributed by atoms with Gasteiger partial charge in [-0.05, 0) is 62.2 Å². The molecule has 0 aliphatic heterocycles.